The normalized spacial score (nSPS) is 38.9. The van der Waals surface area contributed by atoms with Crippen LogP contribution in [0.4, 0.5) is 0 Å². The predicted octanol–water partition coefficient (Wildman–Crippen LogP) is -0.296. The molecule has 21 heteroatoms. The summed E-state index contributed by atoms with van der Waals surface area (Å²) in [5.41, 5.74) is 0.491. The molecule has 1 aromatic carbocycles. The molecule has 3 aromatic heterocycles. The molecular formula is C22H24N6O13P2. The Morgan fingerprint density at radius 3 is 2.30 bits per heavy atom. The van der Waals surface area contributed by atoms with Crippen LogP contribution < -0.4 is 5.56 Å². The van der Waals surface area contributed by atoms with Gasteiger partial charge in [0.2, 0.25) is 0 Å². The molecule has 3 aliphatic heterocycles. The van der Waals surface area contributed by atoms with Crippen molar-refractivity contribution in [2.24, 2.45) is 0 Å². The lowest BCUT2D eigenvalue weighted by Gasteiger charge is -2.26. The summed E-state index contributed by atoms with van der Waals surface area (Å²) < 4.78 is 61.5. The Hall–Kier alpha value is -2.90. The minimum atomic E-state index is -5.00. The number of rotatable bonds is 2. The number of hydrogen-bond acceptors (Lipinski definition) is 14. The molecule has 43 heavy (non-hydrogen) atoms. The van der Waals surface area contributed by atoms with E-state index in [1.807, 2.05) is 0 Å². The van der Waals surface area contributed by atoms with Crippen LogP contribution in [-0.4, -0.2) is 98.9 Å². The number of hydrogen-bond donors (Lipinski definition) is 5. The van der Waals surface area contributed by atoms with Gasteiger partial charge in [0, 0.05) is 0 Å². The lowest BCUT2D eigenvalue weighted by Crippen LogP contribution is -2.36. The number of para-hydroxylation sites is 2. The van der Waals surface area contributed by atoms with E-state index in [-0.39, 0.29) is 11.2 Å². The van der Waals surface area contributed by atoms with Crippen molar-refractivity contribution >= 4 is 37.8 Å². The number of aromatic nitrogens is 6. The monoisotopic (exact) mass is 642 g/mol. The largest absolute Gasteiger partial charge is 0.472 e. The highest BCUT2D eigenvalue weighted by Gasteiger charge is 2.53. The maximum Gasteiger partial charge on any atom is 0.472 e. The van der Waals surface area contributed by atoms with E-state index in [0.717, 1.165) is 12.7 Å². The summed E-state index contributed by atoms with van der Waals surface area (Å²) in [4.78, 5) is 47.9. The second-order valence-electron chi connectivity index (χ2n) is 9.98. The number of aromatic amines is 1. The highest BCUT2D eigenvalue weighted by Crippen LogP contribution is 2.53. The number of H-pyrrole nitrogens is 1. The van der Waals surface area contributed by atoms with E-state index in [1.165, 1.54) is 15.5 Å². The summed E-state index contributed by atoms with van der Waals surface area (Å²) in [5, 5.41) is 22.1. The van der Waals surface area contributed by atoms with Crippen molar-refractivity contribution in [1.29, 1.82) is 0 Å². The fraction of sp³-hybridized carbons (Fsp3) is 0.455. The molecule has 5 N–H and O–H groups in total. The van der Waals surface area contributed by atoms with Gasteiger partial charge in [-0.05, 0) is 12.1 Å². The van der Waals surface area contributed by atoms with Gasteiger partial charge in [0.05, 0.1) is 43.2 Å². The molecule has 3 aliphatic rings. The fourth-order valence-electron chi connectivity index (χ4n) is 5.34. The zero-order valence-corrected chi connectivity index (χ0v) is 23.5. The summed E-state index contributed by atoms with van der Waals surface area (Å²) in [6, 6.07) is 6.91. The molecule has 7 rings (SSSR count). The smallest absolute Gasteiger partial charge is 0.387 e. The molecule has 3 saturated heterocycles. The first-order valence-electron chi connectivity index (χ1n) is 12.8. The Morgan fingerprint density at radius 1 is 0.837 bits per heavy atom. The Balaban J connectivity index is 1.20. The van der Waals surface area contributed by atoms with E-state index in [0.29, 0.717) is 11.0 Å². The minimum absolute atomic E-state index is 0.0166. The summed E-state index contributed by atoms with van der Waals surface area (Å²) >= 11 is 0. The quantitative estimate of drug-likeness (QED) is 0.176. The zero-order chi connectivity index (χ0) is 30.1. The van der Waals surface area contributed by atoms with Gasteiger partial charge < -0.3 is 39.0 Å². The van der Waals surface area contributed by atoms with Crippen molar-refractivity contribution in [2.75, 3.05) is 13.2 Å². The number of nitrogens with zero attached hydrogens (tertiary/aromatic N) is 5. The second-order valence-corrected chi connectivity index (χ2v) is 12.8. The third-order valence-corrected chi connectivity index (χ3v) is 9.30. The topological polar surface area (TPSA) is 252 Å². The molecule has 4 aromatic rings. The van der Waals surface area contributed by atoms with Crippen molar-refractivity contribution in [2.45, 2.75) is 49.1 Å². The number of ether oxygens (including phenoxy) is 2. The second kappa shape index (κ2) is 10.6. The SMILES string of the molecule is O=c1[nH]cnc2c1ncn2C1OC2COP(=O)(O)OC3C(O)C(COP(=O)(O)OC2C1O)OC3n1cnc2ccccc21. The van der Waals surface area contributed by atoms with Gasteiger partial charge in [-0.25, -0.2) is 24.1 Å². The third-order valence-electron chi connectivity index (χ3n) is 7.33. The van der Waals surface area contributed by atoms with Crippen molar-refractivity contribution in [3.63, 3.8) is 0 Å². The molecular weight excluding hydrogens is 618 g/mol. The molecule has 3 fully saturated rings. The van der Waals surface area contributed by atoms with Crippen LogP contribution in [0, 0.1) is 0 Å². The molecule has 10 unspecified atom stereocenters. The first-order chi connectivity index (χ1) is 20.5. The van der Waals surface area contributed by atoms with Crippen LogP contribution in [-0.2, 0) is 36.7 Å². The number of benzene rings is 1. The zero-order valence-electron chi connectivity index (χ0n) is 21.7. The summed E-state index contributed by atoms with van der Waals surface area (Å²) in [5.74, 6) is 0. The maximum absolute atomic E-state index is 13.1. The van der Waals surface area contributed by atoms with Crippen LogP contribution in [0.1, 0.15) is 12.5 Å². The number of phosphoric acid groups is 2. The molecule has 230 valence electrons. The van der Waals surface area contributed by atoms with Crippen LogP contribution in [0.25, 0.3) is 22.2 Å². The van der Waals surface area contributed by atoms with Crippen LogP contribution in [0.2, 0.25) is 0 Å². The van der Waals surface area contributed by atoms with E-state index in [1.54, 1.807) is 24.3 Å². The molecule has 0 amide bonds. The van der Waals surface area contributed by atoms with E-state index in [9.17, 15) is 33.9 Å². The minimum Gasteiger partial charge on any atom is -0.387 e. The van der Waals surface area contributed by atoms with E-state index in [4.69, 9.17) is 27.6 Å². The van der Waals surface area contributed by atoms with Gasteiger partial charge in [-0.15, -0.1) is 0 Å². The van der Waals surface area contributed by atoms with Gasteiger partial charge >= 0.3 is 15.6 Å². The van der Waals surface area contributed by atoms with E-state index < -0.39 is 83.5 Å². The summed E-state index contributed by atoms with van der Waals surface area (Å²) in [7, 11) is -10.0. The van der Waals surface area contributed by atoms with Crippen LogP contribution in [0.5, 0.6) is 0 Å². The van der Waals surface area contributed by atoms with Crippen molar-refractivity contribution in [1.82, 2.24) is 29.1 Å². The average Bonchev–Trinajstić information content (AvgIpc) is 3.72. The predicted molar refractivity (Wildman–Crippen MR) is 139 cm³/mol. The Kier molecular flexibility index (Phi) is 7.13. The van der Waals surface area contributed by atoms with Gasteiger partial charge in [-0.2, -0.15) is 0 Å². The molecule has 0 spiro atoms. The van der Waals surface area contributed by atoms with Gasteiger partial charge in [-0.1, -0.05) is 12.1 Å². The Bertz CT molecular complexity index is 1830. The Labute approximate surface area is 239 Å². The number of phosphoric ester groups is 2. The lowest BCUT2D eigenvalue weighted by atomic mass is 10.1. The number of imidazole rings is 2. The van der Waals surface area contributed by atoms with Crippen LogP contribution >= 0.6 is 15.6 Å². The van der Waals surface area contributed by atoms with Crippen molar-refractivity contribution < 1.29 is 56.7 Å². The number of fused-ring (bicyclic) bond motifs is 5. The fourth-order valence-corrected chi connectivity index (χ4v) is 7.24. The number of nitrogens with one attached hydrogen (secondary N) is 1. The van der Waals surface area contributed by atoms with Crippen molar-refractivity contribution in [3.05, 3.63) is 53.6 Å². The average molecular weight is 642 g/mol. The first-order valence-corrected chi connectivity index (χ1v) is 15.8. The van der Waals surface area contributed by atoms with Gasteiger partial charge in [0.1, 0.15) is 36.6 Å². The van der Waals surface area contributed by atoms with Crippen LogP contribution in [0.15, 0.2) is 48.0 Å². The molecule has 6 heterocycles. The molecule has 10 atom stereocenters. The van der Waals surface area contributed by atoms with E-state index >= 15 is 0 Å². The third kappa shape index (κ3) is 5.16. The Morgan fingerprint density at radius 2 is 1.51 bits per heavy atom. The number of aliphatic hydroxyl groups excluding tert-OH is 2. The van der Waals surface area contributed by atoms with Gasteiger partial charge in [0.25, 0.3) is 5.56 Å². The van der Waals surface area contributed by atoms with Crippen molar-refractivity contribution in [3.8, 4) is 0 Å². The standard InChI is InChI=1S/C22H24N6O13P2/c29-15-12-5-36-42(32,33)40-17-13(39-21(16(17)30)28-9-26-14-19(28)23-7-24-20(14)31)6-37-43(34,35)41-18(15)22(38-12)27-8-25-10-3-1-2-4-11(10)27/h1-4,7-9,12-13,15-18,21-22,29-30H,5-6H2,(H,32,33)(H,34,35)(H,23,24,31). The molecule has 0 radical (unpaired) electrons. The molecule has 2 bridgehead atoms. The first kappa shape index (κ1) is 28.8. The van der Waals surface area contributed by atoms with Gasteiger partial charge in [0.15, 0.2) is 23.6 Å². The summed E-state index contributed by atoms with van der Waals surface area (Å²) in [6.45, 7) is -1.51. The summed E-state index contributed by atoms with van der Waals surface area (Å²) in [6.07, 6.45) is -8.27. The molecule has 0 aliphatic carbocycles. The molecule has 0 saturated carbocycles. The maximum atomic E-state index is 13.1. The number of aliphatic hydroxyl groups is 2. The molecule has 19 nitrogen and oxygen atoms in total. The highest BCUT2D eigenvalue weighted by atomic mass is 31.2. The van der Waals surface area contributed by atoms with E-state index in [2.05, 4.69) is 19.9 Å². The lowest BCUT2D eigenvalue weighted by molar-refractivity contribution is -0.0671. The van der Waals surface area contributed by atoms with Crippen LogP contribution in [0.3, 0.4) is 0 Å². The highest BCUT2D eigenvalue weighted by molar-refractivity contribution is 7.47. The van der Waals surface area contributed by atoms with Gasteiger partial charge in [-0.3, -0.25) is 27.5 Å².